The first-order valence-corrected chi connectivity index (χ1v) is 8.69. The van der Waals surface area contributed by atoms with Crippen LogP contribution in [0, 0.1) is 0 Å². The molecule has 0 bridgehead atoms. The molecule has 2 unspecified atom stereocenters. The zero-order valence-electron chi connectivity index (χ0n) is 12.5. The van der Waals surface area contributed by atoms with Crippen LogP contribution >= 0.6 is 11.8 Å². The number of pyridine rings is 1. The molecule has 1 aliphatic carbocycles. The number of nitrogens with zero attached hydrogens (tertiary/aromatic N) is 2. The Morgan fingerprint density at radius 1 is 1.20 bits per heavy atom. The molecule has 1 aromatic rings. The number of thioether (sulfide) groups is 1. The summed E-state index contributed by atoms with van der Waals surface area (Å²) < 4.78 is 0. The van der Waals surface area contributed by atoms with Crippen molar-refractivity contribution in [3.63, 3.8) is 0 Å². The number of aromatic nitrogens is 1. The van der Waals surface area contributed by atoms with E-state index >= 15 is 0 Å². The van der Waals surface area contributed by atoms with Gasteiger partial charge in [0, 0.05) is 42.7 Å². The van der Waals surface area contributed by atoms with Crippen LogP contribution in [0.3, 0.4) is 0 Å². The highest BCUT2D eigenvalue weighted by Crippen LogP contribution is 2.25. The Bertz CT molecular complexity index is 437. The van der Waals surface area contributed by atoms with Crippen molar-refractivity contribution >= 4 is 11.8 Å². The van der Waals surface area contributed by atoms with Crippen LogP contribution in [0.15, 0.2) is 18.2 Å². The van der Waals surface area contributed by atoms with E-state index in [-0.39, 0.29) is 0 Å². The fourth-order valence-corrected chi connectivity index (χ4v) is 4.28. The second-order valence-corrected chi connectivity index (χ2v) is 8.11. The molecule has 20 heavy (non-hydrogen) atoms. The molecule has 2 heterocycles. The Morgan fingerprint density at radius 2 is 1.90 bits per heavy atom. The minimum Gasteiger partial charge on any atom is -0.308 e. The van der Waals surface area contributed by atoms with Crippen LogP contribution in [0.2, 0.25) is 0 Å². The molecule has 0 spiro atoms. The molecule has 2 aliphatic rings. The maximum atomic E-state index is 4.81. The minimum atomic E-state index is 0.735. The van der Waals surface area contributed by atoms with E-state index in [1.165, 1.54) is 37.3 Å². The highest BCUT2D eigenvalue weighted by atomic mass is 32.2. The summed E-state index contributed by atoms with van der Waals surface area (Å²) in [5.74, 6) is 0. The van der Waals surface area contributed by atoms with Crippen LogP contribution in [0.25, 0.3) is 0 Å². The molecule has 4 heteroatoms. The molecule has 1 saturated heterocycles. The summed E-state index contributed by atoms with van der Waals surface area (Å²) in [6, 6.07) is 7.20. The van der Waals surface area contributed by atoms with E-state index in [2.05, 4.69) is 54.0 Å². The molecular formula is C16H25N3S. The van der Waals surface area contributed by atoms with Crippen molar-refractivity contribution in [2.45, 2.75) is 56.3 Å². The third kappa shape index (κ3) is 4.21. The van der Waals surface area contributed by atoms with Gasteiger partial charge in [0.05, 0.1) is 11.4 Å². The summed E-state index contributed by atoms with van der Waals surface area (Å²) in [6.45, 7) is 8.93. The van der Waals surface area contributed by atoms with Gasteiger partial charge in [0.2, 0.25) is 0 Å². The molecule has 0 amide bonds. The van der Waals surface area contributed by atoms with Gasteiger partial charge >= 0.3 is 0 Å². The van der Waals surface area contributed by atoms with Gasteiger partial charge in [-0.3, -0.25) is 9.88 Å². The first-order chi connectivity index (χ1) is 9.69. The monoisotopic (exact) mass is 291 g/mol. The predicted octanol–water partition coefficient (Wildman–Crippen LogP) is 2.66. The molecule has 1 N–H and O–H groups in total. The van der Waals surface area contributed by atoms with Crippen molar-refractivity contribution < 1.29 is 0 Å². The quantitative estimate of drug-likeness (QED) is 0.903. The maximum Gasteiger partial charge on any atom is 0.0547 e. The lowest BCUT2D eigenvalue weighted by Crippen LogP contribution is -2.39. The molecule has 1 aromatic heterocycles. The molecule has 2 atom stereocenters. The SMILES string of the molecule is CC1CN(Cc2cccc(CNC3CC3)n2)CC(C)S1. The third-order valence-electron chi connectivity index (χ3n) is 3.89. The fourth-order valence-electron chi connectivity index (χ4n) is 2.89. The van der Waals surface area contributed by atoms with Gasteiger partial charge in [-0.05, 0) is 25.0 Å². The van der Waals surface area contributed by atoms with Crippen LogP contribution in [-0.2, 0) is 13.1 Å². The Labute approximate surface area is 126 Å². The smallest absolute Gasteiger partial charge is 0.0547 e. The average molecular weight is 291 g/mol. The normalized spacial score (nSPS) is 27.7. The van der Waals surface area contributed by atoms with Crippen molar-refractivity contribution in [1.82, 2.24) is 15.2 Å². The van der Waals surface area contributed by atoms with Gasteiger partial charge in [0.1, 0.15) is 0 Å². The summed E-state index contributed by atoms with van der Waals surface area (Å²) in [4.78, 5) is 7.35. The van der Waals surface area contributed by atoms with Crippen molar-refractivity contribution in [2.24, 2.45) is 0 Å². The summed E-state index contributed by atoms with van der Waals surface area (Å²) in [5, 5.41) is 5.01. The highest BCUT2D eigenvalue weighted by Gasteiger charge is 2.23. The highest BCUT2D eigenvalue weighted by molar-refractivity contribution is 8.00. The number of rotatable bonds is 5. The van der Waals surface area contributed by atoms with Crippen molar-refractivity contribution in [3.8, 4) is 0 Å². The van der Waals surface area contributed by atoms with Gasteiger partial charge in [-0.2, -0.15) is 11.8 Å². The molecule has 1 aliphatic heterocycles. The molecule has 2 fully saturated rings. The molecular weight excluding hydrogens is 266 g/mol. The molecule has 3 rings (SSSR count). The summed E-state index contributed by atoms with van der Waals surface area (Å²) in [6.07, 6.45) is 2.67. The third-order valence-corrected chi connectivity index (χ3v) is 5.12. The Balaban J connectivity index is 1.57. The zero-order valence-corrected chi connectivity index (χ0v) is 13.3. The van der Waals surface area contributed by atoms with Gasteiger partial charge in [0.25, 0.3) is 0 Å². The number of nitrogens with one attached hydrogen (secondary N) is 1. The van der Waals surface area contributed by atoms with Gasteiger partial charge in [-0.25, -0.2) is 0 Å². The lowest BCUT2D eigenvalue weighted by molar-refractivity contribution is 0.259. The molecule has 0 radical (unpaired) electrons. The fraction of sp³-hybridized carbons (Fsp3) is 0.688. The second kappa shape index (κ2) is 6.46. The van der Waals surface area contributed by atoms with E-state index in [1.807, 2.05) is 0 Å². The topological polar surface area (TPSA) is 28.2 Å². The van der Waals surface area contributed by atoms with Crippen LogP contribution in [0.4, 0.5) is 0 Å². The number of hydrogen-bond donors (Lipinski definition) is 1. The van der Waals surface area contributed by atoms with E-state index in [9.17, 15) is 0 Å². The average Bonchev–Trinajstić information content (AvgIpc) is 3.19. The molecule has 3 nitrogen and oxygen atoms in total. The van der Waals surface area contributed by atoms with Crippen LogP contribution in [0.1, 0.15) is 38.1 Å². The molecule has 110 valence electrons. The van der Waals surface area contributed by atoms with E-state index in [0.29, 0.717) is 0 Å². The van der Waals surface area contributed by atoms with Gasteiger partial charge in [-0.1, -0.05) is 19.9 Å². The van der Waals surface area contributed by atoms with Crippen LogP contribution < -0.4 is 5.32 Å². The lowest BCUT2D eigenvalue weighted by atomic mass is 10.2. The Kier molecular flexibility index (Phi) is 4.64. The Morgan fingerprint density at radius 3 is 2.60 bits per heavy atom. The first-order valence-electron chi connectivity index (χ1n) is 7.75. The zero-order chi connectivity index (χ0) is 13.9. The minimum absolute atomic E-state index is 0.735. The molecule has 0 aromatic carbocycles. The number of hydrogen-bond acceptors (Lipinski definition) is 4. The second-order valence-electron chi connectivity index (χ2n) is 6.23. The van der Waals surface area contributed by atoms with Gasteiger partial charge in [0.15, 0.2) is 0 Å². The van der Waals surface area contributed by atoms with Gasteiger partial charge < -0.3 is 5.32 Å². The van der Waals surface area contributed by atoms with Gasteiger partial charge in [-0.15, -0.1) is 0 Å². The summed E-state index contributed by atoms with van der Waals surface area (Å²) in [5.41, 5.74) is 2.40. The van der Waals surface area contributed by atoms with E-state index < -0.39 is 0 Å². The summed E-state index contributed by atoms with van der Waals surface area (Å²) in [7, 11) is 0. The standard InChI is InChI=1S/C16H25N3S/c1-12-9-19(10-13(2)20-12)11-16-5-3-4-15(18-16)8-17-14-6-7-14/h3-5,12-14,17H,6-11H2,1-2H3. The van der Waals surface area contributed by atoms with E-state index in [0.717, 1.165) is 29.6 Å². The largest absolute Gasteiger partial charge is 0.308 e. The Hall–Kier alpha value is -0.580. The van der Waals surface area contributed by atoms with Crippen molar-refractivity contribution in [2.75, 3.05) is 13.1 Å². The van der Waals surface area contributed by atoms with Crippen LogP contribution in [-0.4, -0.2) is 39.5 Å². The molecule has 1 saturated carbocycles. The van der Waals surface area contributed by atoms with Crippen molar-refractivity contribution in [3.05, 3.63) is 29.6 Å². The lowest BCUT2D eigenvalue weighted by Gasteiger charge is -2.34. The van der Waals surface area contributed by atoms with E-state index in [1.54, 1.807) is 0 Å². The predicted molar refractivity (Wildman–Crippen MR) is 85.9 cm³/mol. The van der Waals surface area contributed by atoms with Crippen LogP contribution in [0.5, 0.6) is 0 Å². The summed E-state index contributed by atoms with van der Waals surface area (Å²) >= 11 is 2.10. The first kappa shape index (κ1) is 14.4. The van der Waals surface area contributed by atoms with Crippen molar-refractivity contribution in [1.29, 1.82) is 0 Å². The van der Waals surface area contributed by atoms with E-state index in [4.69, 9.17) is 4.98 Å². The maximum absolute atomic E-state index is 4.81.